The molecule has 0 spiro atoms. The van der Waals surface area contributed by atoms with Crippen LogP contribution in [0.3, 0.4) is 0 Å². The summed E-state index contributed by atoms with van der Waals surface area (Å²) in [7, 11) is 1.61. The molecule has 2 nitrogen and oxygen atoms in total. The first-order chi connectivity index (χ1) is 8.20. The Morgan fingerprint density at radius 3 is 2.88 bits per heavy atom. The van der Waals surface area contributed by atoms with Crippen molar-refractivity contribution in [1.29, 1.82) is 0 Å². The molecule has 0 saturated heterocycles. The van der Waals surface area contributed by atoms with Gasteiger partial charge >= 0.3 is 0 Å². The molecule has 1 aromatic carbocycles. The molecule has 0 bridgehead atoms. The smallest absolute Gasteiger partial charge is 0.137 e. The van der Waals surface area contributed by atoms with Crippen molar-refractivity contribution in [2.75, 3.05) is 7.11 Å². The van der Waals surface area contributed by atoms with E-state index in [1.165, 1.54) is 5.56 Å². The van der Waals surface area contributed by atoms with Crippen LogP contribution in [0.5, 0.6) is 5.75 Å². The van der Waals surface area contributed by atoms with Gasteiger partial charge < -0.3 is 10.5 Å². The van der Waals surface area contributed by atoms with E-state index < -0.39 is 0 Å². The van der Waals surface area contributed by atoms with E-state index in [0.717, 1.165) is 12.0 Å². The Labute approximate surface area is 110 Å². The van der Waals surface area contributed by atoms with Crippen LogP contribution in [0.15, 0.2) is 35.0 Å². The molecule has 0 fully saturated rings. The Morgan fingerprint density at radius 1 is 1.41 bits per heavy atom. The molecule has 4 heteroatoms. The average molecular weight is 268 g/mol. The second-order valence-corrected chi connectivity index (χ2v) is 5.02. The number of benzene rings is 1. The minimum Gasteiger partial charge on any atom is -0.495 e. The fraction of sp³-hybridized carbons (Fsp3) is 0.231. The van der Waals surface area contributed by atoms with E-state index in [2.05, 4.69) is 16.8 Å². The largest absolute Gasteiger partial charge is 0.495 e. The highest BCUT2D eigenvalue weighted by atomic mass is 35.5. The molecule has 2 N–H and O–H groups in total. The fourth-order valence-electron chi connectivity index (χ4n) is 1.69. The zero-order valence-corrected chi connectivity index (χ0v) is 11.1. The predicted molar refractivity (Wildman–Crippen MR) is 73.0 cm³/mol. The monoisotopic (exact) mass is 267 g/mol. The Hall–Kier alpha value is -1.03. The first-order valence-electron chi connectivity index (χ1n) is 5.31. The van der Waals surface area contributed by atoms with Crippen LogP contribution in [0.4, 0.5) is 0 Å². The van der Waals surface area contributed by atoms with Gasteiger partial charge in [0.1, 0.15) is 5.75 Å². The Balaban J connectivity index is 2.16. The summed E-state index contributed by atoms with van der Waals surface area (Å²) in [6.45, 7) is 0. The molecule has 0 aliphatic carbocycles. The Kier molecular flexibility index (Phi) is 4.05. The lowest BCUT2D eigenvalue weighted by molar-refractivity contribution is 0.414. The standard InChI is InChI=1S/C13H14ClNOS/c1-16-13-7-10(2-3-11(13)14)12(15)6-9-4-5-17-8-9/h2-5,7-8,12H,6,15H2,1H3. The van der Waals surface area contributed by atoms with Crippen molar-refractivity contribution in [1.82, 2.24) is 0 Å². The summed E-state index contributed by atoms with van der Waals surface area (Å²) in [5.41, 5.74) is 8.47. The summed E-state index contributed by atoms with van der Waals surface area (Å²) in [6.07, 6.45) is 0.828. The van der Waals surface area contributed by atoms with Gasteiger partial charge in [0.25, 0.3) is 0 Å². The number of rotatable bonds is 4. The molecular weight excluding hydrogens is 254 g/mol. The van der Waals surface area contributed by atoms with Crippen LogP contribution in [0.1, 0.15) is 17.2 Å². The minimum absolute atomic E-state index is 0.0317. The topological polar surface area (TPSA) is 35.2 Å². The number of nitrogens with two attached hydrogens (primary N) is 1. The molecule has 90 valence electrons. The average Bonchev–Trinajstić information content (AvgIpc) is 2.82. The van der Waals surface area contributed by atoms with E-state index >= 15 is 0 Å². The van der Waals surface area contributed by atoms with E-state index in [9.17, 15) is 0 Å². The number of halogens is 1. The van der Waals surface area contributed by atoms with Crippen LogP contribution in [-0.2, 0) is 6.42 Å². The number of hydrogen-bond donors (Lipinski definition) is 1. The molecule has 2 rings (SSSR count). The third-order valence-corrected chi connectivity index (χ3v) is 3.68. The normalized spacial score (nSPS) is 12.4. The molecule has 1 aromatic heterocycles. The SMILES string of the molecule is COc1cc(C(N)Cc2ccsc2)ccc1Cl. The molecule has 17 heavy (non-hydrogen) atoms. The summed E-state index contributed by atoms with van der Waals surface area (Å²) in [5.74, 6) is 0.671. The summed E-state index contributed by atoms with van der Waals surface area (Å²) < 4.78 is 5.19. The van der Waals surface area contributed by atoms with Crippen molar-refractivity contribution in [3.05, 3.63) is 51.2 Å². The van der Waals surface area contributed by atoms with Crippen LogP contribution in [0.25, 0.3) is 0 Å². The maximum absolute atomic E-state index is 6.17. The zero-order chi connectivity index (χ0) is 12.3. The molecule has 0 amide bonds. The highest BCUT2D eigenvalue weighted by Crippen LogP contribution is 2.28. The van der Waals surface area contributed by atoms with Crippen molar-refractivity contribution in [2.24, 2.45) is 5.73 Å². The van der Waals surface area contributed by atoms with Gasteiger partial charge in [-0.25, -0.2) is 0 Å². The Bertz CT molecular complexity index is 484. The Morgan fingerprint density at radius 2 is 2.24 bits per heavy atom. The van der Waals surface area contributed by atoms with Gasteiger partial charge in [0.15, 0.2) is 0 Å². The molecule has 2 aromatic rings. The van der Waals surface area contributed by atoms with Crippen LogP contribution < -0.4 is 10.5 Å². The molecule has 0 aliphatic rings. The lowest BCUT2D eigenvalue weighted by Gasteiger charge is -2.13. The summed E-state index contributed by atoms with van der Waals surface area (Å²) >= 11 is 7.67. The van der Waals surface area contributed by atoms with Crippen molar-refractivity contribution < 1.29 is 4.74 Å². The first kappa shape index (κ1) is 12.4. The molecule has 1 unspecified atom stereocenters. The minimum atomic E-state index is -0.0317. The van der Waals surface area contributed by atoms with E-state index in [1.54, 1.807) is 18.4 Å². The van der Waals surface area contributed by atoms with Gasteiger partial charge in [0.2, 0.25) is 0 Å². The quantitative estimate of drug-likeness (QED) is 0.918. The first-order valence-corrected chi connectivity index (χ1v) is 6.63. The molecule has 0 radical (unpaired) electrons. The molecular formula is C13H14ClNOS. The van der Waals surface area contributed by atoms with Crippen LogP contribution in [0.2, 0.25) is 5.02 Å². The summed E-state index contributed by atoms with van der Waals surface area (Å²) in [5, 5.41) is 4.79. The van der Waals surface area contributed by atoms with Gasteiger partial charge in [-0.3, -0.25) is 0 Å². The van der Waals surface area contributed by atoms with Gasteiger partial charge in [-0.1, -0.05) is 17.7 Å². The number of ether oxygens (including phenoxy) is 1. The lowest BCUT2D eigenvalue weighted by atomic mass is 10.0. The van der Waals surface area contributed by atoms with E-state index in [1.807, 2.05) is 18.2 Å². The number of methoxy groups -OCH3 is 1. The van der Waals surface area contributed by atoms with Crippen LogP contribution in [0, 0.1) is 0 Å². The highest BCUT2D eigenvalue weighted by molar-refractivity contribution is 7.07. The molecule has 1 heterocycles. The third kappa shape index (κ3) is 3.00. The second-order valence-electron chi connectivity index (χ2n) is 3.84. The van der Waals surface area contributed by atoms with Crippen LogP contribution in [-0.4, -0.2) is 7.11 Å². The third-order valence-electron chi connectivity index (χ3n) is 2.64. The summed E-state index contributed by atoms with van der Waals surface area (Å²) in [4.78, 5) is 0. The predicted octanol–water partition coefficient (Wildman–Crippen LogP) is 3.65. The fourth-order valence-corrected chi connectivity index (χ4v) is 2.56. The highest BCUT2D eigenvalue weighted by Gasteiger charge is 2.10. The number of thiophene rings is 1. The van der Waals surface area contributed by atoms with Crippen LogP contribution >= 0.6 is 22.9 Å². The zero-order valence-electron chi connectivity index (χ0n) is 9.52. The number of hydrogen-bond acceptors (Lipinski definition) is 3. The molecule has 0 aliphatic heterocycles. The summed E-state index contributed by atoms with van der Waals surface area (Å²) in [6, 6.07) is 7.73. The van der Waals surface area contributed by atoms with E-state index in [0.29, 0.717) is 10.8 Å². The van der Waals surface area contributed by atoms with Gasteiger partial charge in [-0.15, -0.1) is 0 Å². The molecule has 1 atom stereocenters. The van der Waals surface area contributed by atoms with Crippen molar-refractivity contribution in [3.8, 4) is 5.75 Å². The van der Waals surface area contributed by atoms with Gasteiger partial charge in [0.05, 0.1) is 12.1 Å². The van der Waals surface area contributed by atoms with Gasteiger partial charge in [-0.2, -0.15) is 11.3 Å². The van der Waals surface area contributed by atoms with E-state index in [4.69, 9.17) is 22.1 Å². The van der Waals surface area contributed by atoms with Gasteiger partial charge in [0, 0.05) is 6.04 Å². The van der Waals surface area contributed by atoms with Crippen molar-refractivity contribution in [2.45, 2.75) is 12.5 Å². The lowest BCUT2D eigenvalue weighted by Crippen LogP contribution is -2.13. The van der Waals surface area contributed by atoms with Crippen molar-refractivity contribution in [3.63, 3.8) is 0 Å². The second kappa shape index (κ2) is 5.54. The van der Waals surface area contributed by atoms with Gasteiger partial charge in [-0.05, 0) is 46.5 Å². The maximum atomic E-state index is 6.17. The maximum Gasteiger partial charge on any atom is 0.137 e. The molecule has 0 saturated carbocycles. The van der Waals surface area contributed by atoms with E-state index in [-0.39, 0.29) is 6.04 Å². The van der Waals surface area contributed by atoms with Crippen molar-refractivity contribution >= 4 is 22.9 Å².